The smallest absolute Gasteiger partial charge is 0.236 e. The zero-order chi connectivity index (χ0) is 24.0. The Labute approximate surface area is 203 Å². The van der Waals surface area contributed by atoms with Crippen LogP contribution in [0.15, 0.2) is 80.6 Å². The highest BCUT2D eigenvalue weighted by atomic mass is 16.5. The van der Waals surface area contributed by atoms with E-state index in [0.29, 0.717) is 36.5 Å². The molecule has 1 atom stereocenters. The largest absolute Gasteiger partial charge is 0.474 e. The summed E-state index contributed by atoms with van der Waals surface area (Å²) in [7, 11) is 3.42. The number of morpholine rings is 1. The fraction of sp³-hybridized carbons (Fsp3) is 0.481. The fourth-order valence-corrected chi connectivity index (χ4v) is 3.87. The molecular formula is C27H36N4O3. The van der Waals surface area contributed by atoms with Gasteiger partial charge < -0.3 is 19.5 Å². The van der Waals surface area contributed by atoms with Gasteiger partial charge in [-0.15, -0.1) is 5.73 Å². The van der Waals surface area contributed by atoms with Gasteiger partial charge in [-0.1, -0.05) is 24.3 Å². The summed E-state index contributed by atoms with van der Waals surface area (Å²) in [6.45, 7) is 6.27. The second-order valence-electron chi connectivity index (χ2n) is 8.09. The highest BCUT2D eigenvalue weighted by Gasteiger charge is 2.20. The first-order chi connectivity index (χ1) is 16.7. The molecule has 2 aliphatic heterocycles. The zero-order valence-electron chi connectivity index (χ0n) is 20.5. The van der Waals surface area contributed by atoms with Crippen LogP contribution in [0.4, 0.5) is 0 Å². The van der Waals surface area contributed by atoms with E-state index in [-0.39, 0.29) is 6.10 Å². The summed E-state index contributed by atoms with van der Waals surface area (Å²) in [5, 5.41) is 3.31. The molecule has 7 nitrogen and oxygen atoms in total. The molecule has 0 aromatic carbocycles. The molecule has 3 aliphatic rings. The molecule has 182 valence electrons. The van der Waals surface area contributed by atoms with E-state index in [2.05, 4.69) is 38.2 Å². The second kappa shape index (κ2) is 14.4. The highest BCUT2D eigenvalue weighted by molar-refractivity contribution is 6.69. The molecule has 2 fully saturated rings. The molecule has 34 heavy (non-hydrogen) atoms. The van der Waals surface area contributed by atoms with Gasteiger partial charge in [-0.05, 0) is 55.1 Å². The Hall–Kier alpha value is -2.83. The molecule has 2 heterocycles. The van der Waals surface area contributed by atoms with E-state index in [1.807, 2.05) is 37.3 Å². The molecule has 0 aromatic heterocycles. The maximum absolute atomic E-state index is 5.99. The average molecular weight is 465 g/mol. The first-order valence-corrected chi connectivity index (χ1v) is 11.9. The van der Waals surface area contributed by atoms with Crippen molar-refractivity contribution in [2.24, 2.45) is 20.9 Å². The minimum absolute atomic E-state index is 0.0134. The van der Waals surface area contributed by atoms with Crippen molar-refractivity contribution in [3.8, 4) is 0 Å². The molecule has 2 saturated heterocycles. The van der Waals surface area contributed by atoms with Gasteiger partial charge in [-0.3, -0.25) is 15.0 Å². The Kier molecular flexibility index (Phi) is 10.9. The van der Waals surface area contributed by atoms with E-state index < -0.39 is 0 Å². The Bertz CT molecular complexity index is 950. The van der Waals surface area contributed by atoms with Crippen molar-refractivity contribution in [3.63, 3.8) is 0 Å². The maximum atomic E-state index is 5.99. The molecule has 1 N–H and O–H groups in total. The van der Waals surface area contributed by atoms with Gasteiger partial charge in [0.1, 0.15) is 18.4 Å². The standard InChI is InChI=1S/C27H36N4O3/c1-4-14-31-25(26(28-2)27(29-3)34-20-24-19-30-15-18-33-24)11-9-21-6-5-7-22(10-8-21)23-12-16-32-17-13-23/h4-6,8-11,14,23-24,30H,12-13,15-20H2,1-3H3/b11-9+,14-4?,28-26?,29-27?,31-25?/t24-/m0/s1. The van der Waals surface area contributed by atoms with Crippen LogP contribution in [0.3, 0.4) is 0 Å². The maximum Gasteiger partial charge on any atom is 0.236 e. The van der Waals surface area contributed by atoms with Gasteiger partial charge in [0.25, 0.3) is 0 Å². The van der Waals surface area contributed by atoms with Gasteiger partial charge in [0.2, 0.25) is 5.90 Å². The minimum Gasteiger partial charge on any atom is -0.474 e. The third-order valence-corrected chi connectivity index (χ3v) is 5.72. The molecule has 0 bridgehead atoms. The van der Waals surface area contributed by atoms with Gasteiger partial charge in [0.15, 0.2) is 0 Å². The quantitative estimate of drug-likeness (QED) is 0.338. The van der Waals surface area contributed by atoms with Crippen LogP contribution in [0.25, 0.3) is 0 Å². The molecule has 1 aliphatic carbocycles. The van der Waals surface area contributed by atoms with E-state index >= 15 is 0 Å². The van der Waals surface area contributed by atoms with Crippen LogP contribution in [-0.4, -0.2) is 77.0 Å². The third kappa shape index (κ3) is 7.89. The van der Waals surface area contributed by atoms with Crippen molar-refractivity contribution in [1.29, 1.82) is 0 Å². The first-order valence-electron chi connectivity index (χ1n) is 11.9. The second-order valence-corrected chi connectivity index (χ2v) is 8.09. The number of ether oxygens (including phenoxy) is 3. The van der Waals surface area contributed by atoms with Crippen molar-refractivity contribution in [3.05, 3.63) is 65.6 Å². The molecule has 0 aromatic rings. The van der Waals surface area contributed by atoms with Crippen molar-refractivity contribution >= 4 is 17.3 Å². The number of hydrogen-bond donors (Lipinski definition) is 1. The number of rotatable bonds is 8. The number of nitrogens with one attached hydrogen (secondary N) is 1. The normalized spacial score (nSPS) is 23.4. The predicted molar refractivity (Wildman–Crippen MR) is 139 cm³/mol. The summed E-state index contributed by atoms with van der Waals surface area (Å²) in [6, 6.07) is 0. The molecule has 0 radical (unpaired) electrons. The monoisotopic (exact) mass is 464 g/mol. The van der Waals surface area contributed by atoms with Crippen molar-refractivity contribution in [2.75, 3.05) is 53.6 Å². The topological polar surface area (TPSA) is 76.8 Å². The average Bonchev–Trinajstić information content (AvgIpc) is 3.14. The molecule has 0 amide bonds. The van der Waals surface area contributed by atoms with E-state index in [0.717, 1.165) is 44.7 Å². The van der Waals surface area contributed by atoms with Crippen molar-refractivity contribution < 1.29 is 14.2 Å². The van der Waals surface area contributed by atoms with Crippen LogP contribution in [0.1, 0.15) is 19.8 Å². The third-order valence-electron chi connectivity index (χ3n) is 5.72. The molecule has 7 heteroatoms. The van der Waals surface area contributed by atoms with E-state index in [9.17, 15) is 0 Å². The zero-order valence-corrected chi connectivity index (χ0v) is 20.5. The van der Waals surface area contributed by atoms with Gasteiger partial charge in [0.05, 0.1) is 12.3 Å². The number of hydrogen-bond acceptors (Lipinski definition) is 7. The van der Waals surface area contributed by atoms with Gasteiger partial charge in [-0.25, -0.2) is 0 Å². The summed E-state index contributed by atoms with van der Waals surface area (Å²) < 4.78 is 17.2. The SMILES string of the molecule is CC=CN=C(/C=C/C1=CC=C=C(C2CCOCC2)C=C1)C(=NC)C(=NC)OC[C@@H]1CNCCO1. The van der Waals surface area contributed by atoms with Gasteiger partial charge in [-0.2, -0.15) is 0 Å². The fourth-order valence-electron chi connectivity index (χ4n) is 3.87. The van der Waals surface area contributed by atoms with E-state index in [1.165, 1.54) is 5.57 Å². The molecule has 0 spiro atoms. The molecule has 0 unspecified atom stereocenters. The van der Waals surface area contributed by atoms with Crippen molar-refractivity contribution in [1.82, 2.24) is 5.32 Å². The summed E-state index contributed by atoms with van der Waals surface area (Å²) in [5.74, 6) is 0.950. The number of aliphatic imine (C=N–C) groups is 3. The minimum atomic E-state index is -0.0134. The van der Waals surface area contributed by atoms with Gasteiger partial charge in [0, 0.05) is 46.6 Å². The van der Waals surface area contributed by atoms with Crippen LogP contribution in [0, 0.1) is 5.92 Å². The summed E-state index contributed by atoms with van der Waals surface area (Å²) in [6.07, 6.45) is 18.0. The Balaban J connectivity index is 1.70. The lowest BCUT2D eigenvalue weighted by Gasteiger charge is -2.24. The Morgan fingerprint density at radius 3 is 2.76 bits per heavy atom. The van der Waals surface area contributed by atoms with Crippen molar-refractivity contribution in [2.45, 2.75) is 25.9 Å². The number of allylic oxidation sites excluding steroid dienone is 8. The molecular weight excluding hydrogens is 428 g/mol. The van der Waals surface area contributed by atoms with Crippen LogP contribution >= 0.6 is 0 Å². The van der Waals surface area contributed by atoms with Crippen LogP contribution in [0.2, 0.25) is 0 Å². The highest BCUT2D eigenvalue weighted by Crippen LogP contribution is 2.25. The Morgan fingerprint density at radius 2 is 2.06 bits per heavy atom. The number of nitrogens with zero attached hydrogens (tertiary/aromatic N) is 3. The van der Waals surface area contributed by atoms with Crippen LogP contribution < -0.4 is 5.32 Å². The molecule has 3 rings (SSSR count). The van der Waals surface area contributed by atoms with Crippen LogP contribution in [-0.2, 0) is 14.2 Å². The van der Waals surface area contributed by atoms with Crippen LogP contribution in [0.5, 0.6) is 0 Å². The molecule has 0 saturated carbocycles. The lowest BCUT2D eigenvalue weighted by Crippen LogP contribution is -2.42. The predicted octanol–water partition coefficient (Wildman–Crippen LogP) is 3.63. The van der Waals surface area contributed by atoms with E-state index in [4.69, 9.17) is 14.2 Å². The summed E-state index contributed by atoms with van der Waals surface area (Å²) in [5.41, 5.74) is 6.98. The van der Waals surface area contributed by atoms with Gasteiger partial charge >= 0.3 is 0 Å². The lowest BCUT2D eigenvalue weighted by atomic mass is 9.91. The van der Waals surface area contributed by atoms with E-state index in [1.54, 1.807) is 20.3 Å². The lowest BCUT2D eigenvalue weighted by molar-refractivity contribution is -0.00204. The Morgan fingerprint density at radius 1 is 1.21 bits per heavy atom. The summed E-state index contributed by atoms with van der Waals surface area (Å²) in [4.78, 5) is 13.4. The summed E-state index contributed by atoms with van der Waals surface area (Å²) >= 11 is 0. The first kappa shape index (κ1) is 25.8.